The second kappa shape index (κ2) is 6.98. The van der Waals surface area contributed by atoms with Gasteiger partial charge in [0.25, 0.3) is 11.9 Å². The highest BCUT2D eigenvalue weighted by Crippen LogP contribution is 2.41. The molecule has 0 radical (unpaired) electrons. The molecule has 0 bridgehead atoms. The first-order valence-electron chi connectivity index (χ1n) is 3.90. The SMILES string of the molecule is FC(F)=C(C(F)(F)F)C(F)(F)F.FC(F)=C(F)C(F)(F)F. The molecule has 126 valence electrons. The molecule has 0 spiro atoms. The molecule has 0 nitrogen and oxygen atoms in total. The van der Waals surface area contributed by atoms with Crippen molar-refractivity contribution < 1.29 is 61.5 Å². The Morgan fingerprint density at radius 2 is 0.714 bits per heavy atom. The number of rotatable bonds is 0. The number of allylic oxidation sites excluding steroid dienone is 2. The molecule has 0 N–H and O–H groups in total. The van der Waals surface area contributed by atoms with Crippen LogP contribution in [0.25, 0.3) is 0 Å². The second-order valence-electron chi connectivity index (χ2n) is 2.70. The normalized spacial score (nSPS) is 12.3. The predicted molar refractivity (Wildman–Crippen MR) is 37.8 cm³/mol. The Morgan fingerprint density at radius 3 is 0.714 bits per heavy atom. The molecule has 0 rings (SSSR count). The van der Waals surface area contributed by atoms with E-state index in [1.807, 2.05) is 0 Å². The lowest BCUT2D eigenvalue weighted by Gasteiger charge is -2.12. The quantitative estimate of drug-likeness (QED) is 0.478. The molecule has 0 heterocycles. The monoisotopic (exact) mass is 350 g/mol. The van der Waals surface area contributed by atoms with Crippen molar-refractivity contribution in [2.75, 3.05) is 0 Å². The van der Waals surface area contributed by atoms with Gasteiger partial charge in [0.1, 0.15) is 0 Å². The molecule has 0 unspecified atom stereocenters. The van der Waals surface area contributed by atoms with E-state index in [0.29, 0.717) is 0 Å². The fraction of sp³-hybridized carbons (Fsp3) is 0.429. The molecule has 0 amide bonds. The fourth-order valence-corrected chi connectivity index (χ4v) is 0.482. The summed E-state index contributed by atoms with van der Waals surface area (Å²) < 4.78 is 154. The van der Waals surface area contributed by atoms with Gasteiger partial charge in [0.2, 0.25) is 5.57 Å². The van der Waals surface area contributed by atoms with E-state index in [1.165, 1.54) is 0 Å². The second-order valence-corrected chi connectivity index (χ2v) is 2.70. The summed E-state index contributed by atoms with van der Waals surface area (Å²) in [6.45, 7) is 0. The summed E-state index contributed by atoms with van der Waals surface area (Å²) in [6.07, 6.45) is -24.8. The maximum Gasteiger partial charge on any atom is 0.448 e. The molecule has 0 fully saturated rings. The third-order valence-corrected chi connectivity index (χ3v) is 1.17. The standard InChI is InChI=1S/C4F8.C3F6/c5-2(6)1(3(7,8)9)4(10,11)12;4-1(2(5)6)3(7,8)9. The Bertz CT molecular complexity index is 377. The van der Waals surface area contributed by atoms with Gasteiger partial charge < -0.3 is 0 Å². The van der Waals surface area contributed by atoms with E-state index in [0.717, 1.165) is 0 Å². The van der Waals surface area contributed by atoms with Gasteiger partial charge >= 0.3 is 24.6 Å². The smallest absolute Gasteiger partial charge is 0.196 e. The molecule has 0 aliphatic rings. The Kier molecular flexibility index (Phi) is 7.24. The minimum Gasteiger partial charge on any atom is -0.196 e. The zero-order chi connectivity index (χ0) is 17.8. The van der Waals surface area contributed by atoms with Gasteiger partial charge in [-0.05, 0) is 0 Å². The van der Waals surface area contributed by atoms with Crippen LogP contribution in [-0.2, 0) is 0 Å². The van der Waals surface area contributed by atoms with E-state index < -0.39 is 42.1 Å². The van der Waals surface area contributed by atoms with E-state index >= 15 is 0 Å². The van der Waals surface area contributed by atoms with Crippen molar-refractivity contribution in [3.8, 4) is 0 Å². The van der Waals surface area contributed by atoms with Crippen LogP contribution in [-0.4, -0.2) is 18.5 Å². The van der Waals surface area contributed by atoms with Crippen LogP contribution in [0.2, 0.25) is 0 Å². The van der Waals surface area contributed by atoms with E-state index in [9.17, 15) is 61.5 Å². The fourth-order valence-electron chi connectivity index (χ4n) is 0.482. The van der Waals surface area contributed by atoms with Crippen molar-refractivity contribution in [3.63, 3.8) is 0 Å². The van der Waals surface area contributed by atoms with Crippen molar-refractivity contribution >= 4 is 0 Å². The first-order chi connectivity index (χ1) is 8.92. The van der Waals surface area contributed by atoms with Gasteiger partial charge in [0, 0.05) is 0 Å². The number of halogens is 14. The molecule has 0 aromatic carbocycles. The third-order valence-electron chi connectivity index (χ3n) is 1.17. The number of alkyl halides is 9. The summed E-state index contributed by atoms with van der Waals surface area (Å²) in [7, 11) is 0. The van der Waals surface area contributed by atoms with Crippen LogP contribution in [0.5, 0.6) is 0 Å². The summed E-state index contributed by atoms with van der Waals surface area (Å²) in [6, 6.07) is 0. The summed E-state index contributed by atoms with van der Waals surface area (Å²) in [5, 5.41) is 0. The highest BCUT2D eigenvalue weighted by molar-refractivity contribution is 5.15. The molecule has 0 aromatic heterocycles. The Balaban J connectivity index is 0. The van der Waals surface area contributed by atoms with Gasteiger partial charge in [-0.3, -0.25) is 0 Å². The van der Waals surface area contributed by atoms with Crippen LogP contribution in [0.15, 0.2) is 23.6 Å². The zero-order valence-electron chi connectivity index (χ0n) is 8.79. The van der Waals surface area contributed by atoms with Crippen LogP contribution in [0.1, 0.15) is 0 Å². The minimum absolute atomic E-state index is 3.33. The van der Waals surface area contributed by atoms with Crippen LogP contribution in [0.3, 0.4) is 0 Å². The first-order valence-corrected chi connectivity index (χ1v) is 3.90. The predicted octanol–water partition coefficient (Wildman–Crippen LogP) is 5.89. The van der Waals surface area contributed by atoms with Crippen molar-refractivity contribution in [1.29, 1.82) is 0 Å². The van der Waals surface area contributed by atoms with E-state index in [1.54, 1.807) is 0 Å². The zero-order valence-corrected chi connectivity index (χ0v) is 8.79. The molecule has 0 saturated heterocycles. The molecule has 0 saturated carbocycles. The van der Waals surface area contributed by atoms with E-state index in [2.05, 4.69) is 0 Å². The number of hydrogen-bond acceptors (Lipinski definition) is 0. The van der Waals surface area contributed by atoms with Crippen LogP contribution in [0, 0.1) is 0 Å². The van der Waals surface area contributed by atoms with Crippen molar-refractivity contribution in [3.05, 3.63) is 23.6 Å². The molecule has 14 heteroatoms. The van der Waals surface area contributed by atoms with Crippen LogP contribution >= 0.6 is 0 Å². The summed E-state index contributed by atoms with van der Waals surface area (Å²) in [4.78, 5) is 0. The summed E-state index contributed by atoms with van der Waals surface area (Å²) >= 11 is 0. The lowest BCUT2D eigenvalue weighted by molar-refractivity contribution is -0.176. The Hall–Kier alpha value is -1.50. The third kappa shape index (κ3) is 8.39. The Morgan fingerprint density at radius 1 is 0.429 bits per heavy atom. The molecule has 0 aliphatic carbocycles. The van der Waals surface area contributed by atoms with Gasteiger partial charge in [0.05, 0.1) is 0 Å². The first kappa shape index (κ1) is 21.8. The summed E-state index contributed by atoms with van der Waals surface area (Å²) in [5.41, 5.74) is -3.75. The molecular formula is C7F14. The molecule has 0 atom stereocenters. The van der Waals surface area contributed by atoms with Gasteiger partial charge in [-0.2, -0.15) is 61.5 Å². The van der Waals surface area contributed by atoms with Gasteiger partial charge in [-0.15, -0.1) is 0 Å². The van der Waals surface area contributed by atoms with Gasteiger partial charge in [-0.1, -0.05) is 0 Å². The number of hydrogen-bond donors (Lipinski definition) is 0. The van der Waals surface area contributed by atoms with Crippen molar-refractivity contribution in [2.24, 2.45) is 0 Å². The maximum absolute atomic E-state index is 11.2. The molecule has 21 heavy (non-hydrogen) atoms. The Labute approximate surface area is 105 Å². The minimum atomic E-state index is -6.07. The van der Waals surface area contributed by atoms with Gasteiger partial charge in [0.15, 0.2) is 0 Å². The topological polar surface area (TPSA) is 0 Å². The average molecular weight is 350 g/mol. The largest absolute Gasteiger partial charge is 0.448 e. The van der Waals surface area contributed by atoms with E-state index in [-0.39, 0.29) is 0 Å². The lowest BCUT2D eigenvalue weighted by atomic mass is 10.3. The highest BCUT2D eigenvalue weighted by atomic mass is 19.4. The molecule has 0 aromatic rings. The maximum atomic E-state index is 11.2. The van der Waals surface area contributed by atoms with Crippen molar-refractivity contribution in [2.45, 2.75) is 18.5 Å². The molecular weight excluding hydrogens is 350 g/mol. The van der Waals surface area contributed by atoms with E-state index in [4.69, 9.17) is 0 Å². The van der Waals surface area contributed by atoms with Gasteiger partial charge in [-0.25, -0.2) is 0 Å². The summed E-state index contributed by atoms with van der Waals surface area (Å²) in [5.74, 6) is -3.33. The lowest BCUT2D eigenvalue weighted by Crippen LogP contribution is -2.26. The highest BCUT2D eigenvalue weighted by Gasteiger charge is 2.54. The van der Waals surface area contributed by atoms with Crippen molar-refractivity contribution in [1.82, 2.24) is 0 Å². The molecule has 0 aliphatic heterocycles. The average Bonchev–Trinajstić information content (AvgIpc) is 2.09. The van der Waals surface area contributed by atoms with Crippen LogP contribution in [0.4, 0.5) is 61.5 Å². The van der Waals surface area contributed by atoms with Crippen LogP contribution < -0.4 is 0 Å².